The van der Waals surface area contributed by atoms with E-state index < -0.39 is 10.0 Å². The first-order chi connectivity index (χ1) is 9.83. The van der Waals surface area contributed by atoms with Gasteiger partial charge in [0.1, 0.15) is 6.07 Å². The number of halogens is 1. The fourth-order valence-electron chi connectivity index (χ4n) is 1.69. The third kappa shape index (κ3) is 3.27. The smallest absolute Gasteiger partial charge is 0.262 e. The van der Waals surface area contributed by atoms with E-state index in [2.05, 4.69) is 4.72 Å². The summed E-state index contributed by atoms with van der Waals surface area (Å²) in [6.45, 7) is 1.78. The molecule has 0 aliphatic carbocycles. The molecule has 0 fully saturated rings. The standard InChI is InChI=1S/C14H12ClN3O2S/c1-9-2-5-12(7-13(9)17)21(19,20)18-14-6-11(15)4-3-10(14)8-16/h2-7,18H,17H2,1H3. The minimum absolute atomic E-state index is 0.0227. The van der Waals surface area contributed by atoms with Gasteiger partial charge in [0, 0.05) is 10.7 Å². The number of anilines is 2. The van der Waals surface area contributed by atoms with Crippen LogP contribution in [-0.2, 0) is 10.0 Å². The molecule has 0 aliphatic heterocycles. The van der Waals surface area contributed by atoms with E-state index in [9.17, 15) is 8.42 Å². The van der Waals surface area contributed by atoms with E-state index in [4.69, 9.17) is 22.6 Å². The molecule has 0 amide bonds. The molecular formula is C14H12ClN3O2S. The zero-order valence-electron chi connectivity index (χ0n) is 11.1. The molecule has 0 bridgehead atoms. The predicted octanol–water partition coefficient (Wildman–Crippen LogP) is 2.90. The van der Waals surface area contributed by atoms with Gasteiger partial charge in [0.05, 0.1) is 16.1 Å². The normalized spacial score (nSPS) is 10.9. The first-order valence-corrected chi connectivity index (χ1v) is 7.78. The van der Waals surface area contributed by atoms with Gasteiger partial charge >= 0.3 is 0 Å². The van der Waals surface area contributed by atoms with E-state index in [0.29, 0.717) is 10.7 Å². The van der Waals surface area contributed by atoms with Gasteiger partial charge in [-0.05, 0) is 42.8 Å². The topological polar surface area (TPSA) is 96.0 Å². The van der Waals surface area contributed by atoms with Gasteiger partial charge in [-0.1, -0.05) is 17.7 Å². The number of aryl methyl sites for hydroxylation is 1. The number of hydrogen-bond donors (Lipinski definition) is 2. The quantitative estimate of drug-likeness (QED) is 0.849. The van der Waals surface area contributed by atoms with Gasteiger partial charge < -0.3 is 5.73 Å². The third-order valence-corrected chi connectivity index (χ3v) is 4.51. The van der Waals surface area contributed by atoms with Crippen molar-refractivity contribution in [3.8, 4) is 6.07 Å². The van der Waals surface area contributed by atoms with Crippen LogP contribution in [0.25, 0.3) is 0 Å². The Morgan fingerprint density at radius 2 is 1.95 bits per heavy atom. The monoisotopic (exact) mass is 321 g/mol. The molecule has 7 heteroatoms. The molecule has 0 spiro atoms. The number of nitrogens with one attached hydrogen (secondary N) is 1. The summed E-state index contributed by atoms with van der Waals surface area (Å²) in [4.78, 5) is 0.0227. The van der Waals surface area contributed by atoms with E-state index in [1.807, 2.05) is 6.07 Å². The van der Waals surface area contributed by atoms with E-state index in [-0.39, 0.29) is 16.1 Å². The second-order valence-electron chi connectivity index (χ2n) is 4.43. The Bertz CT molecular complexity index is 842. The van der Waals surface area contributed by atoms with Gasteiger partial charge in [-0.3, -0.25) is 4.72 Å². The Hall–Kier alpha value is -2.23. The highest BCUT2D eigenvalue weighted by atomic mass is 35.5. The molecule has 3 N–H and O–H groups in total. The van der Waals surface area contributed by atoms with Crippen LogP contribution in [0.2, 0.25) is 5.02 Å². The summed E-state index contributed by atoms with van der Waals surface area (Å²) < 4.78 is 27.0. The summed E-state index contributed by atoms with van der Waals surface area (Å²) >= 11 is 5.83. The van der Waals surface area contributed by atoms with Crippen molar-refractivity contribution in [2.75, 3.05) is 10.5 Å². The van der Waals surface area contributed by atoms with Crippen molar-refractivity contribution in [1.82, 2.24) is 0 Å². The van der Waals surface area contributed by atoms with Crippen molar-refractivity contribution in [1.29, 1.82) is 5.26 Å². The number of sulfonamides is 1. The first-order valence-electron chi connectivity index (χ1n) is 5.92. The molecule has 2 rings (SSSR count). The molecule has 0 aromatic heterocycles. The lowest BCUT2D eigenvalue weighted by Gasteiger charge is -2.11. The summed E-state index contributed by atoms with van der Waals surface area (Å²) in [7, 11) is -3.84. The van der Waals surface area contributed by atoms with E-state index >= 15 is 0 Å². The van der Waals surface area contributed by atoms with Crippen LogP contribution < -0.4 is 10.5 Å². The van der Waals surface area contributed by atoms with Crippen molar-refractivity contribution in [2.24, 2.45) is 0 Å². The zero-order valence-corrected chi connectivity index (χ0v) is 12.7. The van der Waals surface area contributed by atoms with Crippen molar-refractivity contribution < 1.29 is 8.42 Å². The summed E-state index contributed by atoms with van der Waals surface area (Å²) in [6, 6.07) is 10.7. The molecule has 0 atom stereocenters. The van der Waals surface area contributed by atoms with Crippen molar-refractivity contribution >= 4 is 33.0 Å². The van der Waals surface area contributed by atoms with Gasteiger partial charge in [-0.15, -0.1) is 0 Å². The molecule has 5 nitrogen and oxygen atoms in total. The number of nitriles is 1. The van der Waals surface area contributed by atoms with Crippen LogP contribution in [0.3, 0.4) is 0 Å². The predicted molar refractivity (Wildman–Crippen MR) is 82.6 cm³/mol. The largest absolute Gasteiger partial charge is 0.398 e. The Labute approximate surface area is 128 Å². The van der Waals surface area contributed by atoms with Gasteiger partial charge in [-0.2, -0.15) is 5.26 Å². The number of nitrogens with zero attached hydrogens (tertiary/aromatic N) is 1. The molecule has 21 heavy (non-hydrogen) atoms. The van der Waals surface area contributed by atoms with Gasteiger partial charge in [0.2, 0.25) is 0 Å². The minimum Gasteiger partial charge on any atom is -0.398 e. The highest BCUT2D eigenvalue weighted by Gasteiger charge is 2.17. The highest BCUT2D eigenvalue weighted by Crippen LogP contribution is 2.25. The van der Waals surface area contributed by atoms with Gasteiger partial charge in [-0.25, -0.2) is 8.42 Å². The van der Waals surface area contributed by atoms with Gasteiger partial charge in [0.25, 0.3) is 10.0 Å². The lowest BCUT2D eigenvalue weighted by molar-refractivity contribution is 0.601. The molecule has 0 heterocycles. The number of nitrogen functional groups attached to an aromatic ring is 1. The van der Waals surface area contributed by atoms with Crippen LogP contribution in [-0.4, -0.2) is 8.42 Å². The maximum atomic E-state index is 12.3. The average molecular weight is 322 g/mol. The number of hydrogen-bond acceptors (Lipinski definition) is 4. The zero-order chi connectivity index (χ0) is 15.6. The molecule has 0 aliphatic rings. The fourth-order valence-corrected chi connectivity index (χ4v) is 2.97. The first kappa shape index (κ1) is 15.2. The van der Waals surface area contributed by atoms with Crippen LogP contribution in [0.4, 0.5) is 11.4 Å². The number of nitrogens with two attached hydrogens (primary N) is 1. The van der Waals surface area contributed by atoms with Crippen molar-refractivity contribution in [2.45, 2.75) is 11.8 Å². The molecule has 108 valence electrons. The lowest BCUT2D eigenvalue weighted by atomic mass is 10.2. The van der Waals surface area contributed by atoms with Crippen LogP contribution in [0.5, 0.6) is 0 Å². The molecule has 0 saturated heterocycles. The summed E-state index contributed by atoms with van der Waals surface area (Å²) in [5.74, 6) is 0. The Morgan fingerprint density at radius 3 is 2.57 bits per heavy atom. The number of benzene rings is 2. The molecule has 0 saturated carbocycles. The maximum absolute atomic E-state index is 12.3. The van der Waals surface area contributed by atoms with E-state index in [0.717, 1.165) is 5.56 Å². The SMILES string of the molecule is Cc1ccc(S(=O)(=O)Nc2cc(Cl)ccc2C#N)cc1N. The molecule has 2 aromatic carbocycles. The van der Waals surface area contributed by atoms with Crippen LogP contribution in [0.1, 0.15) is 11.1 Å². The summed E-state index contributed by atoms with van der Waals surface area (Å²) in [5, 5.41) is 9.34. The average Bonchev–Trinajstić information content (AvgIpc) is 2.41. The number of rotatable bonds is 3. The fraction of sp³-hybridized carbons (Fsp3) is 0.0714. The summed E-state index contributed by atoms with van der Waals surface area (Å²) in [5.41, 5.74) is 7.20. The molecule has 0 unspecified atom stereocenters. The van der Waals surface area contributed by atoms with Gasteiger partial charge in [0.15, 0.2) is 0 Å². The third-order valence-electron chi connectivity index (χ3n) is 2.91. The van der Waals surface area contributed by atoms with E-state index in [1.54, 1.807) is 13.0 Å². The van der Waals surface area contributed by atoms with E-state index in [1.165, 1.54) is 30.3 Å². The molecule has 2 aromatic rings. The molecule has 0 radical (unpaired) electrons. The Balaban J connectivity index is 2.45. The lowest BCUT2D eigenvalue weighted by Crippen LogP contribution is -2.14. The minimum atomic E-state index is -3.84. The van der Waals surface area contributed by atoms with Crippen LogP contribution in [0.15, 0.2) is 41.3 Å². The highest BCUT2D eigenvalue weighted by molar-refractivity contribution is 7.92. The Morgan fingerprint density at radius 1 is 1.24 bits per heavy atom. The summed E-state index contributed by atoms with van der Waals surface area (Å²) in [6.07, 6.45) is 0. The maximum Gasteiger partial charge on any atom is 0.262 e. The second-order valence-corrected chi connectivity index (χ2v) is 6.54. The Kier molecular flexibility index (Phi) is 4.07. The van der Waals surface area contributed by atoms with Crippen molar-refractivity contribution in [3.05, 3.63) is 52.5 Å². The van der Waals surface area contributed by atoms with Crippen LogP contribution in [0, 0.1) is 18.3 Å². The molecular weight excluding hydrogens is 310 g/mol. The second kappa shape index (κ2) is 5.64. The van der Waals surface area contributed by atoms with Crippen LogP contribution >= 0.6 is 11.6 Å². The van der Waals surface area contributed by atoms with Crippen molar-refractivity contribution in [3.63, 3.8) is 0 Å².